The second-order valence-electron chi connectivity index (χ2n) is 6.19. The van der Waals surface area contributed by atoms with E-state index in [-0.39, 0.29) is 0 Å². The van der Waals surface area contributed by atoms with Crippen molar-refractivity contribution in [3.05, 3.63) is 0 Å². The van der Waals surface area contributed by atoms with Crippen molar-refractivity contribution in [1.29, 1.82) is 0 Å². The van der Waals surface area contributed by atoms with Gasteiger partial charge in [0.05, 0.1) is 6.26 Å². The molecule has 0 aromatic carbocycles. The highest BCUT2D eigenvalue weighted by atomic mass is 32.2. The second kappa shape index (κ2) is 6.08. The zero-order chi connectivity index (χ0) is 14.0. The minimum atomic E-state index is -3.03. The molecule has 6 heteroatoms. The molecule has 2 saturated heterocycles. The third-order valence-electron chi connectivity index (χ3n) is 4.68. The molecule has 0 aliphatic carbocycles. The fourth-order valence-electron chi connectivity index (χ4n) is 3.50. The van der Waals surface area contributed by atoms with Gasteiger partial charge in [-0.25, -0.2) is 12.7 Å². The summed E-state index contributed by atoms with van der Waals surface area (Å²) >= 11 is 0. The molecular weight excluding hydrogens is 262 g/mol. The number of hydrogen-bond acceptors (Lipinski definition) is 4. The summed E-state index contributed by atoms with van der Waals surface area (Å²) in [4.78, 5) is 2.47. The zero-order valence-corrected chi connectivity index (χ0v) is 12.9. The molecular formula is C13H27N3O2S. The van der Waals surface area contributed by atoms with E-state index in [1.807, 2.05) is 0 Å². The fraction of sp³-hybridized carbons (Fsp3) is 1.00. The Balaban J connectivity index is 1.92. The maximum absolute atomic E-state index is 11.6. The molecule has 0 bridgehead atoms. The lowest BCUT2D eigenvalue weighted by atomic mass is 9.98. The Morgan fingerprint density at radius 2 is 2.00 bits per heavy atom. The van der Waals surface area contributed by atoms with E-state index in [9.17, 15) is 8.42 Å². The quantitative estimate of drug-likeness (QED) is 0.810. The molecule has 3 unspecified atom stereocenters. The molecule has 112 valence electrons. The zero-order valence-electron chi connectivity index (χ0n) is 12.1. The number of nitrogens with two attached hydrogens (primary N) is 1. The number of piperidine rings is 1. The molecule has 2 aliphatic heterocycles. The normalized spacial score (nSPS) is 34.8. The molecule has 19 heavy (non-hydrogen) atoms. The summed E-state index contributed by atoms with van der Waals surface area (Å²) in [5, 5.41) is 0. The van der Waals surface area contributed by atoms with Crippen LogP contribution < -0.4 is 5.73 Å². The maximum Gasteiger partial charge on any atom is 0.211 e. The molecule has 2 N–H and O–H groups in total. The first-order valence-corrected chi connectivity index (χ1v) is 9.16. The number of rotatable bonds is 4. The van der Waals surface area contributed by atoms with Gasteiger partial charge >= 0.3 is 0 Å². The second-order valence-corrected chi connectivity index (χ2v) is 8.18. The van der Waals surface area contributed by atoms with E-state index in [2.05, 4.69) is 11.8 Å². The average molecular weight is 289 g/mol. The van der Waals surface area contributed by atoms with Crippen molar-refractivity contribution in [2.24, 2.45) is 17.6 Å². The first-order valence-electron chi connectivity index (χ1n) is 7.31. The first kappa shape index (κ1) is 15.2. The van der Waals surface area contributed by atoms with E-state index in [4.69, 9.17) is 5.73 Å². The predicted octanol–water partition coefficient (Wildman–Crippen LogP) is 0.327. The summed E-state index contributed by atoms with van der Waals surface area (Å²) < 4.78 is 24.9. The minimum Gasteiger partial charge on any atom is -0.329 e. The van der Waals surface area contributed by atoms with Crippen LogP contribution in [0.4, 0.5) is 0 Å². The summed E-state index contributed by atoms with van der Waals surface area (Å²) in [7, 11) is -3.03. The van der Waals surface area contributed by atoms with Crippen molar-refractivity contribution in [3.8, 4) is 0 Å². The van der Waals surface area contributed by atoms with Crippen LogP contribution in [-0.2, 0) is 10.0 Å². The highest BCUT2D eigenvalue weighted by Crippen LogP contribution is 2.27. The van der Waals surface area contributed by atoms with Gasteiger partial charge in [-0.3, -0.25) is 4.90 Å². The van der Waals surface area contributed by atoms with Crippen LogP contribution in [0, 0.1) is 11.8 Å². The minimum absolute atomic E-state index is 0.461. The highest BCUT2D eigenvalue weighted by Gasteiger charge is 2.33. The summed E-state index contributed by atoms with van der Waals surface area (Å²) in [6.07, 6.45) is 4.64. The van der Waals surface area contributed by atoms with Gasteiger partial charge < -0.3 is 5.73 Å². The van der Waals surface area contributed by atoms with E-state index in [1.165, 1.54) is 12.7 Å². The molecule has 0 aromatic heterocycles. The molecule has 0 radical (unpaired) electrons. The smallest absolute Gasteiger partial charge is 0.211 e. The Morgan fingerprint density at radius 1 is 1.26 bits per heavy atom. The van der Waals surface area contributed by atoms with Gasteiger partial charge in [0.15, 0.2) is 0 Å². The third kappa shape index (κ3) is 3.68. The molecule has 2 aliphatic rings. The summed E-state index contributed by atoms with van der Waals surface area (Å²) in [6, 6.07) is 0.480. The van der Waals surface area contributed by atoms with E-state index >= 15 is 0 Å². The van der Waals surface area contributed by atoms with Crippen LogP contribution in [-0.4, -0.2) is 62.6 Å². The van der Waals surface area contributed by atoms with Crippen LogP contribution in [0.25, 0.3) is 0 Å². The van der Waals surface area contributed by atoms with Crippen molar-refractivity contribution < 1.29 is 8.42 Å². The predicted molar refractivity (Wildman–Crippen MR) is 77.3 cm³/mol. The standard InChI is InChI=1S/C13H27N3O2S/c1-11-5-7-15(13(11)8-14)9-12-4-3-6-16(10-12)19(2,17)18/h11-13H,3-10,14H2,1-2H3. The fourth-order valence-corrected chi connectivity index (χ4v) is 4.45. The van der Waals surface area contributed by atoms with Crippen molar-refractivity contribution in [2.75, 3.05) is 39.0 Å². The van der Waals surface area contributed by atoms with Gasteiger partial charge in [0.1, 0.15) is 0 Å². The Hall–Kier alpha value is -0.170. The third-order valence-corrected chi connectivity index (χ3v) is 5.95. The number of sulfonamides is 1. The van der Waals surface area contributed by atoms with Crippen LogP contribution >= 0.6 is 0 Å². The van der Waals surface area contributed by atoms with Crippen LogP contribution in [0.15, 0.2) is 0 Å². The molecule has 0 spiro atoms. The van der Waals surface area contributed by atoms with Gasteiger partial charge in [0.2, 0.25) is 10.0 Å². The number of nitrogens with zero attached hydrogens (tertiary/aromatic N) is 2. The van der Waals surface area contributed by atoms with Gasteiger partial charge in [-0.1, -0.05) is 6.92 Å². The van der Waals surface area contributed by atoms with E-state index < -0.39 is 10.0 Å². The average Bonchev–Trinajstić information content (AvgIpc) is 2.69. The lowest BCUT2D eigenvalue weighted by molar-refractivity contribution is 0.161. The largest absolute Gasteiger partial charge is 0.329 e. The Labute approximate surface area is 117 Å². The van der Waals surface area contributed by atoms with Crippen molar-refractivity contribution in [3.63, 3.8) is 0 Å². The van der Waals surface area contributed by atoms with E-state index in [0.717, 1.165) is 25.9 Å². The van der Waals surface area contributed by atoms with Crippen LogP contribution in [0.1, 0.15) is 26.2 Å². The monoisotopic (exact) mass is 289 g/mol. The maximum atomic E-state index is 11.6. The Kier molecular flexibility index (Phi) is 4.87. The van der Waals surface area contributed by atoms with Crippen LogP contribution in [0.2, 0.25) is 0 Å². The van der Waals surface area contributed by atoms with Gasteiger partial charge in [0, 0.05) is 32.2 Å². The highest BCUT2D eigenvalue weighted by molar-refractivity contribution is 7.88. The van der Waals surface area contributed by atoms with Crippen molar-refractivity contribution in [2.45, 2.75) is 32.2 Å². The Morgan fingerprint density at radius 3 is 2.63 bits per heavy atom. The van der Waals surface area contributed by atoms with Crippen molar-refractivity contribution in [1.82, 2.24) is 9.21 Å². The van der Waals surface area contributed by atoms with Crippen molar-refractivity contribution >= 4 is 10.0 Å². The molecule has 0 saturated carbocycles. The van der Waals surface area contributed by atoms with E-state index in [0.29, 0.717) is 37.5 Å². The topological polar surface area (TPSA) is 66.6 Å². The van der Waals surface area contributed by atoms with Crippen LogP contribution in [0.5, 0.6) is 0 Å². The van der Waals surface area contributed by atoms with Gasteiger partial charge in [-0.05, 0) is 37.6 Å². The number of hydrogen-bond donors (Lipinski definition) is 1. The summed E-state index contributed by atoms with van der Waals surface area (Å²) in [5.74, 6) is 1.13. The summed E-state index contributed by atoms with van der Waals surface area (Å²) in [5.41, 5.74) is 5.87. The molecule has 3 atom stereocenters. The molecule has 5 nitrogen and oxygen atoms in total. The molecule has 0 amide bonds. The SMILES string of the molecule is CC1CCN(CC2CCCN(S(C)(=O)=O)C2)C1CN. The molecule has 2 heterocycles. The van der Waals surface area contributed by atoms with E-state index in [1.54, 1.807) is 4.31 Å². The van der Waals surface area contributed by atoms with Crippen LogP contribution in [0.3, 0.4) is 0 Å². The molecule has 2 fully saturated rings. The molecule has 2 rings (SSSR count). The van der Waals surface area contributed by atoms with Gasteiger partial charge in [-0.15, -0.1) is 0 Å². The molecule has 0 aromatic rings. The lowest BCUT2D eigenvalue weighted by Crippen LogP contribution is -2.46. The van der Waals surface area contributed by atoms with Gasteiger partial charge in [-0.2, -0.15) is 0 Å². The summed E-state index contributed by atoms with van der Waals surface area (Å²) in [6.45, 7) is 6.45. The Bertz CT molecular complexity index is 399. The van der Waals surface area contributed by atoms with Gasteiger partial charge in [0.25, 0.3) is 0 Å². The first-order chi connectivity index (χ1) is 8.91. The number of likely N-dealkylation sites (tertiary alicyclic amines) is 1. The lowest BCUT2D eigenvalue weighted by Gasteiger charge is -2.35.